The SMILES string of the molecule is OC[C@@H]1COC(c2ccccn2)=N1. The standard InChI is InChI=1S/C9H10N2O2/c12-5-7-6-13-9(11-7)8-3-1-2-4-10-8/h1-4,7,12H,5-6H2/t7-/m1/s1. The molecule has 1 aromatic rings. The number of ether oxygens (including phenoxy) is 1. The highest BCUT2D eigenvalue weighted by Crippen LogP contribution is 2.08. The van der Waals surface area contributed by atoms with Crippen molar-refractivity contribution < 1.29 is 9.84 Å². The van der Waals surface area contributed by atoms with Gasteiger partial charge >= 0.3 is 0 Å². The Labute approximate surface area is 75.9 Å². The molecule has 0 saturated carbocycles. The van der Waals surface area contributed by atoms with E-state index in [0.29, 0.717) is 12.5 Å². The molecule has 1 aliphatic heterocycles. The average molecular weight is 178 g/mol. The van der Waals surface area contributed by atoms with Gasteiger partial charge in [0.05, 0.1) is 6.61 Å². The van der Waals surface area contributed by atoms with Crippen molar-refractivity contribution in [3.8, 4) is 0 Å². The summed E-state index contributed by atoms with van der Waals surface area (Å²) < 4.78 is 5.27. The third kappa shape index (κ3) is 1.67. The molecule has 4 nitrogen and oxygen atoms in total. The van der Waals surface area contributed by atoms with Crippen LogP contribution in [0.5, 0.6) is 0 Å². The predicted octanol–water partition coefficient (Wildman–Crippen LogP) is 0.219. The van der Waals surface area contributed by atoms with E-state index in [1.54, 1.807) is 6.20 Å². The van der Waals surface area contributed by atoms with Crippen LogP contribution in [0.25, 0.3) is 0 Å². The van der Waals surface area contributed by atoms with Crippen LogP contribution in [0.4, 0.5) is 0 Å². The molecule has 0 unspecified atom stereocenters. The maximum Gasteiger partial charge on any atom is 0.235 e. The lowest BCUT2D eigenvalue weighted by atomic mass is 10.3. The first kappa shape index (κ1) is 8.19. The maximum absolute atomic E-state index is 8.82. The molecule has 0 aliphatic carbocycles. The second kappa shape index (κ2) is 3.53. The van der Waals surface area contributed by atoms with E-state index >= 15 is 0 Å². The van der Waals surface area contributed by atoms with E-state index in [1.165, 1.54) is 0 Å². The molecule has 0 amide bonds. The van der Waals surface area contributed by atoms with Gasteiger partial charge in [-0.25, -0.2) is 4.99 Å². The molecular formula is C9H10N2O2. The Kier molecular flexibility index (Phi) is 2.23. The summed E-state index contributed by atoms with van der Waals surface area (Å²) in [7, 11) is 0. The van der Waals surface area contributed by atoms with Gasteiger partial charge in [0, 0.05) is 6.20 Å². The van der Waals surface area contributed by atoms with Crippen LogP contribution in [0.15, 0.2) is 29.4 Å². The van der Waals surface area contributed by atoms with E-state index in [0.717, 1.165) is 5.69 Å². The summed E-state index contributed by atoms with van der Waals surface area (Å²) in [6.07, 6.45) is 1.69. The molecule has 2 rings (SSSR count). The minimum absolute atomic E-state index is 0.0241. The largest absolute Gasteiger partial charge is 0.474 e. The number of aliphatic hydroxyl groups excluding tert-OH is 1. The van der Waals surface area contributed by atoms with Crippen molar-refractivity contribution in [2.45, 2.75) is 6.04 Å². The van der Waals surface area contributed by atoms with Crippen LogP contribution in [0, 0.1) is 0 Å². The molecule has 0 spiro atoms. The zero-order chi connectivity index (χ0) is 9.10. The highest BCUT2D eigenvalue weighted by Gasteiger charge is 2.19. The molecule has 2 heterocycles. The fourth-order valence-electron chi connectivity index (χ4n) is 1.14. The topological polar surface area (TPSA) is 54.7 Å². The van der Waals surface area contributed by atoms with Gasteiger partial charge in [-0.1, -0.05) is 6.07 Å². The van der Waals surface area contributed by atoms with Crippen LogP contribution in [0.3, 0.4) is 0 Å². The zero-order valence-corrected chi connectivity index (χ0v) is 7.05. The fraction of sp³-hybridized carbons (Fsp3) is 0.333. The first-order valence-corrected chi connectivity index (χ1v) is 4.13. The van der Waals surface area contributed by atoms with E-state index in [4.69, 9.17) is 9.84 Å². The zero-order valence-electron chi connectivity index (χ0n) is 7.05. The summed E-state index contributed by atoms with van der Waals surface area (Å²) in [5.74, 6) is 0.527. The summed E-state index contributed by atoms with van der Waals surface area (Å²) in [5, 5.41) is 8.82. The molecule has 0 fully saturated rings. The van der Waals surface area contributed by atoms with Crippen molar-refractivity contribution in [3.63, 3.8) is 0 Å². The first-order chi connectivity index (χ1) is 6.40. The minimum atomic E-state index is -0.128. The first-order valence-electron chi connectivity index (χ1n) is 4.13. The summed E-state index contributed by atoms with van der Waals surface area (Å²) in [5.41, 5.74) is 0.721. The second-order valence-corrected chi connectivity index (χ2v) is 2.80. The van der Waals surface area contributed by atoms with Gasteiger partial charge in [-0.05, 0) is 12.1 Å². The Morgan fingerprint density at radius 3 is 3.08 bits per heavy atom. The molecule has 1 N–H and O–H groups in total. The van der Waals surface area contributed by atoms with Gasteiger partial charge in [0.2, 0.25) is 5.90 Å². The van der Waals surface area contributed by atoms with Gasteiger partial charge in [-0.2, -0.15) is 0 Å². The van der Waals surface area contributed by atoms with Crippen LogP contribution in [-0.4, -0.2) is 35.2 Å². The van der Waals surface area contributed by atoms with Crippen LogP contribution >= 0.6 is 0 Å². The number of hydrogen-bond donors (Lipinski definition) is 1. The van der Waals surface area contributed by atoms with Crippen LogP contribution < -0.4 is 0 Å². The third-order valence-electron chi connectivity index (χ3n) is 1.81. The smallest absolute Gasteiger partial charge is 0.235 e. The lowest BCUT2D eigenvalue weighted by Crippen LogP contribution is -2.10. The average Bonchev–Trinajstić information content (AvgIpc) is 2.67. The number of pyridine rings is 1. The number of rotatable bonds is 2. The van der Waals surface area contributed by atoms with E-state index < -0.39 is 0 Å². The molecule has 0 bridgehead atoms. The molecule has 0 aromatic carbocycles. The van der Waals surface area contributed by atoms with Crippen molar-refractivity contribution in [1.29, 1.82) is 0 Å². The van der Waals surface area contributed by atoms with Gasteiger partial charge in [0.1, 0.15) is 18.3 Å². The summed E-state index contributed by atoms with van der Waals surface area (Å²) in [4.78, 5) is 8.25. The molecule has 13 heavy (non-hydrogen) atoms. The van der Waals surface area contributed by atoms with Gasteiger partial charge in [0.15, 0.2) is 0 Å². The van der Waals surface area contributed by atoms with Gasteiger partial charge < -0.3 is 9.84 Å². The van der Waals surface area contributed by atoms with Crippen molar-refractivity contribution in [2.24, 2.45) is 4.99 Å². The number of hydrogen-bond acceptors (Lipinski definition) is 4. The van der Waals surface area contributed by atoms with Crippen molar-refractivity contribution >= 4 is 5.90 Å². The number of nitrogens with zero attached hydrogens (tertiary/aromatic N) is 2. The van der Waals surface area contributed by atoms with E-state index in [9.17, 15) is 0 Å². The lowest BCUT2D eigenvalue weighted by Gasteiger charge is -1.98. The Morgan fingerprint density at radius 1 is 1.54 bits per heavy atom. The molecule has 4 heteroatoms. The summed E-state index contributed by atoms with van der Waals surface area (Å²) in [6, 6.07) is 5.42. The highest BCUT2D eigenvalue weighted by atomic mass is 16.5. The van der Waals surface area contributed by atoms with Crippen LogP contribution in [0.1, 0.15) is 5.69 Å². The fourth-order valence-corrected chi connectivity index (χ4v) is 1.14. The Balaban J connectivity index is 2.19. The monoisotopic (exact) mass is 178 g/mol. The third-order valence-corrected chi connectivity index (χ3v) is 1.81. The normalized spacial score (nSPS) is 21.0. The summed E-state index contributed by atoms with van der Waals surface area (Å²) in [6.45, 7) is 0.471. The minimum Gasteiger partial charge on any atom is -0.474 e. The number of aliphatic imine (C=N–C) groups is 1. The molecule has 0 radical (unpaired) electrons. The molecule has 1 aromatic heterocycles. The Hall–Kier alpha value is -1.42. The van der Waals surface area contributed by atoms with Gasteiger partial charge in [-0.15, -0.1) is 0 Å². The van der Waals surface area contributed by atoms with Crippen molar-refractivity contribution in [1.82, 2.24) is 4.98 Å². The second-order valence-electron chi connectivity index (χ2n) is 2.80. The van der Waals surface area contributed by atoms with Gasteiger partial charge in [0.25, 0.3) is 0 Å². The van der Waals surface area contributed by atoms with E-state index in [-0.39, 0.29) is 12.6 Å². The predicted molar refractivity (Wildman–Crippen MR) is 47.6 cm³/mol. The Bertz CT molecular complexity index is 311. The molecule has 0 saturated heterocycles. The molecule has 68 valence electrons. The number of aliphatic hydroxyl groups is 1. The van der Waals surface area contributed by atoms with E-state index in [2.05, 4.69) is 9.98 Å². The highest BCUT2D eigenvalue weighted by molar-refractivity contribution is 5.93. The molecule has 1 aliphatic rings. The molecule has 1 atom stereocenters. The lowest BCUT2D eigenvalue weighted by molar-refractivity contribution is 0.227. The maximum atomic E-state index is 8.82. The van der Waals surface area contributed by atoms with E-state index in [1.807, 2.05) is 18.2 Å². The van der Waals surface area contributed by atoms with Crippen molar-refractivity contribution in [2.75, 3.05) is 13.2 Å². The Morgan fingerprint density at radius 2 is 2.46 bits per heavy atom. The van der Waals surface area contributed by atoms with Crippen LogP contribution in [-0.2, 0) is 4.74 Å². The van der Waals surface area contributed by atoms with Crippen molar-refractivity contribution in [3.05, 3.63) is 30.1 Å². The summed E-state index contributed by atoms with van der Waals surface area (Å²) >= 11 is 0. The quantitative estimate of drug-likeness (QED) is 0.704. The van der Waals surface area contributed by atoms with Gasteiger partial charge in [-0.3, -0.25) is 4.98 Å². The van der Waals surface area contributed by atoms with Crippen LogP contribution in [0.2, 0.25) is 0 Å². The molecular weight excluding hydrogens is 168 g/mol. The number of aromatic nitrogens is 1.